The van der Waals surface area contributed by atoms with Gasteiger partial charge in [0.2, 0.25) is 0 Å². The monoisotopic (exact) mass is 465 g/mol. The predicted octanol–water partition coefficient (Wildman–Crippen LogP) is 4.14. The van der Waals surface area contributed by atoms with Gasteiger partial charge in [0.25, 0.3) is 10.0 Å². The Morgan fingerprint density at radius 3 is 2.19 bits per heavy atom. The van der Waals surface area contributed by atoms with Gasteiger partial charge in [0.1, 0.15) is 0 Å². The zero-order valence-corrected chi connectivity index (χ0v) is 20.2. The van der Waals surface area contributed by atoms with Crippen LogP contribution in [0.15, 0.2) is 28.5 Å². The zero-order chi connectivity index (χ0) is 22.6. The molecule has 1 aromatic heterocycles. The molecular weight excluding hydrogens is 434 g/mol. The second-order valence-electron chi connectivity index (χ2n) is 7.95. The van der Waals surface area contributed by atoms with E-state index in [0.29, 0.717) is 16.5 Å². The van der Waals surface area contributed by atoms with Crippen LogP contribution in [0.1, 0.15) is 37.8 Å². The summed E-state index contributed by atoms with van der Waals surface area (Å²) in [6.07, 6.45) is 6.31. The number of amides is 2. The number of thiazole rings is 1. The van der Waals surface area contributed by atoms with Gasteiger partial charge in [-0.1, -0.05) is 30.6 Å². The summed E-state index contributed by atoms with van der Waals surface area (Å²) in [5, 5.41) is 3.18. The van der Waals surface area contributed by atoms with Crippen LogP contribution >= 0.6 is 11.3 Å². The summed E-state index contributed by atoms with van der Waals surface area (Å²) >= 11 is 0.984. The van der Waals surface area contributed by atoms with Crippen LogP contribution in [0.2, 0.25) is 0 Å². The van der Waals surface area contributed by atoms with E-state index in [1.54, 1.807) is 14.0 Å². The molecule has 1 N–H and O–H groups in total. The largest absolute Gasteiger partial charge is 0.372 e. The first kappa shape index (κ1) is 23.5. The highest BCUT2D eigenvalue weighted by atomic mass is 32.2. The van der Waals surface area contributed by atoms with Crippen molar-refractivity contribution in [1.29, 1.82) is 0 Å². The summed E-state index contributed by atoms with van der Waals surface area (Å²) < 4.78 is 26.1. The number of aromatic nitrogens is 1. The molecule has 1 fully saturated rings. The number of carbonyl (C=O) groups excluding carboxylic acids is 1. The van der Waals surface area contributed by atoms with E-state index >= 15 is 0 Å². The van der Waals surface area contributed by atoms with E-state index in [1.165, 1.54) is 56.8 Å². The van der Waals surface area contributed by atoms with Crippen LogP contribution in [0.5, 0.6) is 0 Å². The zero-order valence-electron chi connectivity index (χ0n) is 18.6. The van der Waals surface area contributed by atoms with E-state index in [-0.39, 0.29) is 10.2 Å². The van der Waals surface area contributed by atoms with Crippen molar-refractivity contribution in [1.82, 2.24) is 9.29 Å². The smallest absolute Gasteiger partial charge is 0.327 e. The first-order chi connectivity index (χ1) is 14.7. The third-order valence-electron chi connectivity index (χ3n) is 5.39. The van der Waals surface area contributed by atoms with E-state index in [0.717, 1.165) is 28.7 Å². The average molecular weight is 466 g/mol. The molecule has 0 unspecified atom stereocenters. The van der Waals surface area contributed by atoms with Gasteiger partial charge in [0, 0.05) is 45.6 Å². The Labute approximate surface area is 188 Å². The summed E-state index contributed by atoms with van der Waals surface area (Å²) in [5.74, 6) is 0. The van der Waals surface area contributed by atoms with Gasteiger partial charge in [-0.05, 0) is 44.0 Å². The summed E-state index contributed by atoms with van der Waals surface area (Å²) in [5.41, 5.74) is 2.23. The van der Waals surface area contributed by atoms with Crippen LogP contribution in [0.3, 0.4) is 0 Å². The fourth-order valence-corrected chi connectivity index (χ4v) is 6.08. The molecule has 3 rings (SSSR count). The molecule has 0 radical (unpaired) electrons. The van der Waals surface area contributed by atoms with Gasteiger partial charge in [-0.3, -0.25) is 4.90 Å². The Balaban J connectivity index is 1.67. The molecule has 2 aromatic rings. The van der Waals surface area contributed by atoms with Crippen molar-refractivity contribution in [2.24, 2.45) is 0 Å². The Kier molecular flexibility index (Phi) is 7.55. The predicted molar refractivity (Wildman–Crippen MR) is 127 cm³/mol. The maximum Gasteiger partial charge on any atom is 0.327 e. The highest BCUT2D eigenvalue weighted by Gasteiger charge is 2.26. The molecule has 31 heavy (non-hydrogen) atoms. The summed E-state index contributed by atoms with van der Waals surface area (Å²) in [6, 6.07) is 7.49. The normalized spacial score (nSPS) is 15.5. The molecule has 2 heterocycles. The van der Waals surface area contributed by atoms with Gasteiger partial charge in [-0.25, -0.2) is 22.5 Å². The number of hydrogen-bond acceptors (Lipinski definition) is 6. The first-order valence-electron chi connectivity index (χ1n) is 10.5. The van der Waals surface area contributed by atoms with Crippen LogP contribution in [-0.4, -0.2) is 58.0 Å². The lowest BCUT2D eigenvalue weighted by atomic mass is 10.1. The molecule has 0 atom stereocenters. The SMILES string of the molecule is Cc1nc(N(C)C(=O)Nc2ccc(N3CCCCCCC3)cc2)sc1S(=O)(=O)N(C)C. The second-order valence-corrected chi connectivity index (χ2v) is 11.3. The van der Waals surface area contributed by atoms with Crippen LogP contribution < -0.4 is 15.1 Å². The van der Waals surface area contributed by atoms with Crippen LogP contribution in [0, 0.1) is 6.92 Å². The van der Waals surface area contributed by atoms with Crippen molar-refractivity contribution < 1.29 is 13.2 Å². The Morgan fingerprint density at radius 2 is 1.61 bits per heavy atom. The number of sulfonamides is 1. The standard InChI is InChI=1S/C21H31N5O3S2/c1-16-19(31(28,29)24(2)3)30-21(22-16)25(4)20(27)23-17-10-12-18(13-11-17)26-14-8-6-5-7-9-15-26/h10-13H,5-9,14-15H2,1-4H3,(H,23,27). The first-order valence-corrected chi connectivity index (χ1v) is 12.8. The number of benzene rings is 1. The van der Waals surface area contributed by atoms with E-state index in [9.17, 15) is 13.2 Å². The number of nitrogens with zero attached hydrogens (tertiary/aromatic N) is 4. The third kappa shape index (κ3) is 5.55. The van der Waals surface area contributed by atoms with Crippen molar-refractivity contribution >= 4 is 43.9 Å². The van der Waals surface area contributed by atoms with Crippen molar-refractivity contribution in [3.8, 4) is 0 Å². The van der Waals surface area contributed by atoms with E-state index in [2.05, 4.69) is 15.2 Å². The van der Waals surface area contributed by atoms with Gasteiger partial charge < -0.3 is 10.2 Å². The number of anilines is 3. The summed E-state index contributed by atoms with van der Waals surface area (Å²) in [7, 11) is 0.926. The van der Waals surface area contributed by atoms with Gasteiger partial charge >= 0.3 is 6.03 Å². The van der Waals surface area contributed by atoms with Crippen molar-refractivity contribution in [2.45, 2.75) is 43.2 Å². The Morgan fingerprint density at radius 1 is 1.03 bits per heavy atom. The molecule has 0 aliphatic carbocycles. The molecule has 0 saturated carbocycles. The molecule has 8 nitrogen and oxygen atoms in total. The van der Waals surface area contributed by atoms with E-state index in [4.69, 9.17) is 0 Å². The maximum atomic E-state index is 12.7. The van der Waals surface area contributed by atoms with E-state index in [1.807, 2.05) is 24.3 Å². The molecule has 0 bridgehead atoms. The lowest BCUT2D eigenvalue weighted by molar-refractivity contribution is 0.258. The molecule has 1 saturated heterocycles. The van der Waals surface area contributed by atoms with Crippen LogP contribution in [0.4, 0.5) is 21.3 Å². The molecule has 10 heteroatoms. The molecule has 1 aliphatic rings. The van der Waals surface area contributed by atoms with Crippen LogP contribution in [-0.2, 0) is 10.0 Å². The Hall–Kier alpha value is -2.17. The molecule has 2 amide bonds. The minimum Gasteiger partial charge on any atom is -0.372 e. The number of rotatable bonds is 5. The van der Waals surface area contributed by atoms with Crippen LogP contribution in [0.25, 0.3) is 0 Å². The molecule has 0 spiro atoms. The summed E-state index contributed by atoms with van der Waals surface area (Å²) in [4.78, 5) is 20.7. The van der Waals surface area contributed by atoms with Gasteiger partial charge in [0.15, 0.2) is 9.34 Å². The topological polar surface area (TPSA) is 85.9 Å². The van der Waals surface area contributed by atoms with Gasteiger partial charge in [-0.15, -0.1) is 0 Å². The number of aryl methyl sites for hydroxylation is 1. The molecular formula is C21H31N5O3S2. The lowest BCUT2D eigenvalue weighted by Gasteiger charge is -2.27. The fraction of sp³-hybridized carbons (Fsp3) is 0.524. The van der Waals surface area contributed by atoms with E-state index < -0.39 is 10.0 Å². The van der Waals surface area contributed by atoms with Gasteiger partial charge in [-0.2, -0.15) is 0 Å². The molecule has 170 valence electrons. The molecule has 1 aliphatic heterocycles. The van der Waals surface area contributed by atoms with Crippen molar-refractivity contribution in [2.75, 3.05) is 49.3 Å². The Bertz CT molecular complexity index is 995. The maximum absolute atomic E-state index is 12.7. The number of hydrogen-bond donors (Lipinski definition) is 1. The lowest BCUT2D eigenvalue weighted by Crippen LogP contribution is -2.31. The fourth-order valence-electron chi connectivity index (χ4n) is 3.47. The summed E-state index contributed by atoms with van der Waals surface area (Å²) in [6.45, 7) is 3.76. The van der Waals surface area contributed by atoms with Crippen molar-refractivity contribution in [3.05, 3.63) is 30.0 Å². The number of urea groups is 1. The quantitative estimate of drug-likeness (QED) is 0.717. The van der Waals surface area contributed by atoms with Crippen molar-refractivity contribution in [3.63, 3.8) is 0 Å². The number of carbonyl (C=O) groups is 1. The van der Waals surface area contributed by atoms with Gasteiger partial charge in [0.05, 0.1) is 5.69 Å². The third-order valence-corrected chi connectivity index (χ3v) is 9.02. The molecule has 1 aromatic carbocycles. The highest BCUT2D eigenvalue weighted by molar-refractivity contribution is 7.91. The number of nitrogens with one attached hydrogen (secondary N) is 1. The minimum absolute atomic E-state index is 0.143. The second kappa shape index (κ2) is 9.97. The average Bonchev–Trinajstić information content (AvgIpc) is 3.10. The minimum atomic E-state index is -3.60. The highest BCUT2D eigenvalue weighted by Crippen LogP contribution is 2.31.